The van der Waals surface area contributed by atoms with Crippen LogP contribution in [0.3, 0.4) is 0 Å². The molecular formula is C14H25N3S. The maximum atomic E-state index is 5.85. The fourth-order valence-corrected chi connectivity index (χ4v) is 3.41. The van der Waals surface area contributed by atoms with Crippen LogP contribution in [0.2, 0.25) is 0 Å². The molecule has 0 saturated heterocycles. The van der Waals surface area contributed by atoms with E-state index in [4.69, 9.17) is 10.7 Å². The first kappa shape index (κ1) is 13.8. The summed E-state index contributed by atoms with van der Waals surface area (Å²) >= 11 is 1.80. The Morgan fingerprint density at radius 3 is 2.39 bits per heavy atom. The van der Waals surface area contributed by atoms with Crippen molar-refractivity contribution in [3.8, 4) is 0 Å². The average molecular weight is 267 g/mol. The molecule has 1 aliphatic rings. The Labute approximate surface area is 114 Å². The monoisotopic (exact) mass is 267 g/mol. The standard InChI is InChI=1S/C14H25N3S/c1-9(2)8-17(11-5-6-11)14-16-13(10(3)4)12(7-15)18-14/h9-11H,5-8,15H2,1-4H3. The Balaban J connectivity index is 2.24. The van der Waals surface area contributed by atoms with E-state index in [2.05, 4.69) is 32.6 Å². The minimum atomic E-state index is 0.466. The van der Waals surface area contributed by atoms with Crippen molar-refractivity contribution >= 4 is 16.5 Å². The van der Waals surface area contributed by atoms with E-state index in [1.807, 2.05) is 0 Å². The van der Waals surface area contributed by atoms with Crippen molar-refractivity contribution in [2.45, 2.75) is 59.0 Å². The van der Waals surface area contributed by atoms with Gasteiger partial charge in [-0.05, 0) is 24.7 Å². The van der Waals surface area contributed by atoms with Crippen LogP contribution in [0.15, 0.2) is 0 Å². The number of hydrogen-bond donors (Lipinski definition) is 1. The van der Waals surface area contributed by atoms with Crippen molar-refractivity contribution in [3.63, 3.8) is 0 Å². The lowest BCUT2D eigenvalue weighted by atomic mass is 10.1. The molecule has 2 N–H and O–H groups in total. The molecule has 0 atom stereocenters. The predicted octanol–water partition coefficient (Wildman–Crippen LogP) is 3.35. The molecule has 0 bridgehead atoms. The van der Waals surface area contributed by atoms with Crippen LogP contribution in [-0.2, 0) is 6.54 Å². The van der Waals surface area contributed by atoms with Crippen LogP contribution < -0.4 is 10.6 Å². The maximum Gasteiger partial charge on any atom is 0.186 e. The van der Waals surface area contributed by atoms with Crippen LogP contribution in [0.4, 0.5) is 5.13 Å². The third kappa shape index (κ3) is 3.04. The lowest BCUT2D eigenvalue weighted by molar-refractivity contribution is 0.605. The van der Waals surface area contributed by atoms with Crippen LogP contribution in [0.25, 0.3) is 0 Å². The molecule has 2 rings (SSSR count). The van der Waals surface area contributed by atoms with E-state index in [9.17, 15) is 0 Å². The quantitative estimate of drug-likeness (QED) is 0.859. The van der Waals surface area contributed by atoms with Crippen LogP contribution >= 0.6 is 11.3 Å². The number of anilines is 1. The second kappa shape index (κ2) is 5.57. The van der Waals surface area contributed by atoms with E-state index in [0.717, 1.165) is 12.6 Å². The highest BCUT2D eigenvalue weighted by molar-refractivity contribution is 7.15. The highest BCUT2D eigenvalue weighted by atomic mass is 32.1. The number of aromatic nitrogens is 1. The van der Waals surface area contributed by atoms with Crippen LogP contribution in [-0.4, -0.2) is 17.6 Å². The third-order valence-electron chi connectivity index (χ3n) is 3.24. The van der Waals surface area contributed by atoms with Crippen molar-refractivity contribution in [3.05, 3.63) is 10.6 Å². The van der Waals surface area contributed by atoms with Gasteiger partial charge in [0.15, 0.2) is 5.13 Å². The van der Waals surface area contributed by atoms with E-state index in [0.29, 0.717) is 18.4 Å². The van der Waals surface area contributed by atoms with E-state index in [-0.39, 0.29) is 0 Å². The fourth-order valence-electron chi connectivity index (χ4n) is 2.23. The summed E-state index contributed by atoms with van der Waals surface area (Å²) < 4.78 is 0. The van der Waals surface area contributed by atoms with Gasteiger partial charge in [0.25, 0.3) is 0 Å². The van der Waals surface area contributed by atoms with Crippen molar-refractivity contribution in [1.82, 2.24) is 4.98 Å². The van der Waals surface area contributed by atoms with Crippen LogP contribution in [0.5, 0.6) is 0 Å². The molecule has 1 aliphatic carbocycles. The Morgan fingerprint density at radius 2 is 2.00 bits per heavy atom. The molecule has 1 fully saturated rings. The summed E-state index contributed by atoms with van der Waals surface area (Å²) in [4.78, 5) is 8.62. The minimum Gasteiger partial charge on any atom is -0.345 e. The second-order valence-electron chi connectivity index (χ2n) is 5.94. The molecule has 0 aromatic carbocycles. The average Bonchev–Trinajstić information content (AvgIpc) is 3.04. The molecule has 0 radical (unpaired) electrons. The third-order valence-corrected chi connectivity index (χ3v) is 4.37. The molecule has 0 amide bonds. The normalized spacial score (nSPS) is 15.7. The molecular weight excluding hydrogens is 242 g/mol. The number of hydrogen-bond acceptors (Lipinski definition) is 4. The zero-order valence-corrected chi connectivity index (χ0v) is 12.8. The summed E-state index contributed by atoms with van der Waals surface area (Å²) in [5.41, 5.74) is 7.05. The lowest BCUT2D eigenvalue weighted by Crippen LogP contribution is -2.29. The molecule has 3 nitrogen and oxygen atoms in total. The summed E-state index contributed by atoms with van der Waals surface area (Å²) in [6.07, 6.45) is 2.64. The summed E-state index contributed by atoms with van der Waals surface area (Å²) in [7, 11) is 0. The van der Waals surface area contributed by atoms with Crippen LogP contribution in [0.1, 0.15) is 57.0 Å². The molecule has 0 spiro atoms. The largest absolute Gasteiger partial charge is 0.345 e. The topological polar surface area (TPSA) is 42.2 Å². The summed E-state index contributed by atoms with van der Waals surface area (Å²) in [5.74, 6) is 1.15. The maximum absolute atomic E-state index is 5.85. The van der Waals surface area contributed by atoms with Crippen molar-refractivity contribution in [1.29, 1.82) is 0 Å². The first-order valence-corrected chi connectivity index (χ1v) is 7.80. The molecule has 0 unspecified atom stereocenters. The number of rotatable bonds is 6. The Hall–Kier alpha value is -0.610. The van der Waals surface area contributed by atoms with Crippen molar-refractivity contribution < 1.29 is 0 Å². The fraction of sp³-hybridized carbons (Fsp3) is 0.786. The Bertz CT molecular complexity index is 394. The number of nitrogens with two attached hydrogens (primary N) is 1. The molecule has 1 saturated carbocycles. The zero-order chi connectivity index (χ0) is 13.3. The minimum absolute atomic E-state index is 0.466. The Kier molecular flexibility index (Phi) is 4.28. The van der Waals surface area contributed by atoms with E-state index in [1.165, 1.54) is 28.5 Å². The first-order chi connectivity index (χ1) is 8.52. The van der Waals surface area contributed by atoms with Gasteiger partial charge in [-0.1, -0.05) is 27.7 Å². The highest BCUT2D eigenvalue weighted by Gasteiger charge is 2.32. The SMILES string of the molecule is CC(C)CN(c1nc(C(C)C)c(CN)s1)C1CC1. The zero-order valence-electron chi connectivity index (χ0n) is 11.9. The molecule has 1 heterocycles. The van der Waals surface area contributed by atoms with Crippen molar-refractivity contribution in [2.75, 3.05) is 11.4 Å². The first-order valence-electron chi connectivity index (χ1n) is 6.99. The van der Waals surface area contributed by atoms with Gasteiger partial charge in [-0.3, -0.25) is 0 Å². The van der Waals surface area contributed by atoms with Crippen molar-refractivity contribution in [2.24, 2.45) is 11.7 Å². The molecule has 1 aromatic rings. The van der Waals surface area contributed by atoms with Gasteiger partial charge in [-0.25, -0.2) is 4.98 Å². The predicted molar refractivity (Wildman–Crippen MR) is 79.3 cm³/mol. The molecule has 0 aliphatic heterocycles. The van der Waals surface area contributed by atoms with Gasteiger partial charge < -0.3 is 10.6 Å². The smallest absolute Gasteiger partial charge is 0.186 e. The lowest BCUT2D eigenvalue weighted by Gasteiger charge is -2.23. The molecule has 1 aromatic heterocycles. The van der Waals surface area contributed by atoms with Crippen LogP contribution in [0, 0.1) is 5.92 Å². The summed E-state index contributed by atoms with van der Waals surface area (Å²) in [5, 5.41) is 1.19. The van der Waals surface area contributed by atoms with Gasteiger partial charge in [0.05, 0.1) is 5.69 Å². The van der Waals surface area contributed by atoms with Gasteiger partial charge in [-0.15, -0.1) is 11.3 Å². The number of nitrogens with zero attached hydrogens (tertiary/aromatic N) is 2. The number of thiazole rings is 1. The Morgan fingerprint density at radius 1 is 1.33 bits per heavy atom. The molecule has 18 heavy (non-hydrogen) atoms. The van der Waals surface area contributed by atoms with E-state index in [1.54, 1.807) is 11.3 Å². The highest BCUT2D eigenvalue weighted by Crippen LogP contribution is 2.37. The molecule has 4 heteroatoms. The van der Waals surface area contributed by atoms with E-state index < -0.39 is 0 Å². The van der Waals surface area contributed by atoms with Gasteiger partial charge in [0, 0.05) is 24.0 Å². The molecule has 102 valence electrons. The van der Waals surface area contributed by atoms with Gasteiger partial charge in [-0.2, -0.15) is 0 Å². The second-order valence-corrected chi connectivity index (χ2v) is 7.00. The van der Waals surface area contributed by atoms with Gasteiger partial charge in [0.1, 0.15) is 0 Å². The van der Waals surface area contributed by atoms with Gasteiger partial charge >= 0.3 is 0 Å². The summed E-state index contributed by atoms with van der Waals surface area (Å²) in [6.45, 7) is 10.7. The summed E-state index contributed by atoms with van der Waals surface area (Å²) in [6, 6.07) is 0.726. The van der Waals surface area contributed by atoms with Gasteiger partial charge in [0.2, 0.25) is 0 Å². The van der Waals surface area contributed by atoms with E-state index >= 15 is 0 Å².